The highest BCUT2D eigenvalue weighted by molar-refractivity contribution is 6.03. The fraction of sp³-hybridized carbons (Fsp3) is 0.176. The van der Waals surface area contributed by atoms with E-state index in [1.54, 1.807) is 24.3 Å². The Labute approximate surface area is 138 Å². The molecule has 1 aromatic heterocycles. The van der Waals surface area contributed by atoms with Crippen molar-refractivity contribution in [2.45, 2.75) is 20.4 Å². The molecule has 0 radical (unpaired) electrons. The number of nitrogens with two attached hydrogens (primary N) is 1. The highest BCUT2D eigenvalue weighted by Gasteiger charge is 2.13. The predicted octanol–water partition coefficient (Wildman–Crippen LogP) is 1.79. The van der Waals surface area contributed by atoms with Gasteiger partial charge >= 0.3 is 0 Å². The average molecular weight is 323 g/mol. The lowest BCUT2D eigenvalue weighted by Gasteiger charge is -2.09. The van der Waals surface area contributed by atoms with Gasteiger partial charge in [-0.25, -0.2) is 4.68 Å². The molecule has 0 spiro atoms. The third kappa shape index (κ3) is 2.96. The second kappa shape index (κ2) is 6.11. The Kier molecular flexibility index (Phi) is 3.99. The summed E-state index contributed by atoms with van der Waals surface area (Å²) in [5.74, 6) is -0.906. The smallest absolute Gasteiger partial charge is 0.250 e. The van der Waals surface area contributed by atoms with E-state index < -0.39 is 5.91 Å². The monoisotopic (exact) mass is 323 g/mol. The summed E-state index contributed by atoms with van der Waals surface area (Å²) < 4.78 is 1.53. The summed E-state index contributed by atoms with van der Waals surface area (Å²) >= 11 is 0. The van der Waals surface area contributed by atoms with Crippen LogP contribution in [0.1, 0.15) is 21.5 Å². The quantitative estimate of drug-likeness (QED) is 0.764. The van der Waals surface area contributed by atoms with Crippen molar-refractivity contribution in [2.24, 2.45) is 5.73 Å². The number of carbonyl (C=O) groups excluding carboxylic acids is 2. The molecular weight excluding hydrogens is 306 g/mol. The van der Waals surface area contributed by atoms with Gasteiger partial charge in [-0.2, -0.15) is 0 Å². The van der Waals surface area contributed by atoms with Crippen LogP contribution in [0.5, 0.6) is 0 Å². The van der Waals surface area contributed by atoms with Gasteiger partial charge in [0.2, 0.25) is 5.91 Å². The molecule has 2 aromatic carbocycles. The van der Waals surface area contributed by atoms with Crippen molar-refractivity contribution >= 4 is 28.5 Å². The van der Waals surface area contributed by atoms with E-state index in [-0.39, 0.29) is 18.0 Å². The molecule has 3 N–H and O–H groups in total. The molecular formula is C17H17N5O2. The Morgan fingerprint density at radius 3 is 2.62 bits per heavy atom. The third-order valence-electron chi connectivity index (χ3n) is 3.89. The predicted molar refractivity (Wildman–Crippen MR) is 90.6 cm³/mol. The summed E-state index contributed by atoms with van der Waals surface area (Å²) in [4.78, 5) is 23.7. The number of hydrogen-bond acceptors (Lipinski definition) is 4. The van der Waals surface area contributed by atoms with Crippen LogP contribution in [0.25, 0.3) is 11.0 Å². The molecule has 3 rings (SSSR count). The molecule has 2 amide bonds. The first-order valence-corrected chi connectivity index (χ1v) is 7.45. The van der Waals surface area contributed by atoms with Gasteiger partial charge < -0.3 is 11.1 Å². The van der Waals surface area contributed by atoms with Crippen LogP contribution in [0.3, 0.4) is 0 Å². The minimum atomic E-state index is -0.594. The number of primary amides is 1. The van der Waals surface area contributed by atoms with Crippen LogP contribution < -0.4 is 11.1 Å². The van der Waals surface area contributed by atoms with Crippen LogP contribution in [-0.4, -0.2) is 26.8 Å². The van der Waals surface area contributed by atoms with Crippen molar-refractivity contribution in [3.8, 4) is 0 Å². The standard InChI is InChI=1S/C17H17N5O2/c1-10-7-14-15(8-11(10)2)22(21-20-14)9-16(23)19-13-6-4-3-5-12(13)17(18)24/h3-8H,9H2,1-2H3,(H2,18,24)(H,19,23). The van der Waals surface area contributed by atoms with Crippen LogP contribution >= 0.6 is 0 Å². The minimum absolute atomic E-state index is 0.00784. The number of amides is 2. The number of anilines is 1. The van der Waals surface area contributed by atoms with Crippen molar-refractivity contribution in [1.82, 2.24) is 15.0 Å². The number of aryl methyl sites for hydroxylation is 2. The lowest BCUT2D eigenvalue weighted by atomic mass is 10.1. The molecule has 0 unspecified atom stereocenters. The second-order valence-electron chi connectivity index (χ2n) is 5.63. The van der Waals surface area contributed by atoms with Gasteiger partial charge in [-0.3, -0.25) is 9.59 Å². The molecule has 0 aliphatic rings. The molecule has 24 heavy (non-hydrogen) atoms. The van der Waals surface area contributed by atoms with Gasteiger partial charge in [-0.15, -0.1) is 5.10 Å². The van der Waals surface area contributed by atoms with Crippen molar-refractivity contribution in [1.29, 1.82) is 0 Å². The van der Waals surface area contributed by atoms with Crippen LogP contribution in [-0.2, 0) is 11.3 Å². The SMILES string of the molecule is Cc1cc2nnn(CC(=O)Nc3ccccc3C(N)=O)c2cc1C. The van der Waals surface area contributed by atoms with Crippen LogP contribution in [0, 0.1) is 13.8 Å². The number of rotatable bonds is 4. The summed E-state index contributed by atoms with van der Waals surface area (Å²) in [6.45, 7) is 3.99. The van der Waals surface area contributed by atoms with Crippen LogP contribution in [0.4, 0.5) is 5.69 Å². The van der Waals surface area contributed by atoms with Gasteiger partial charge in [0.25, 0.3) is 5.91 Å². The Morgan fingerprint density at radius 1 is 1.17 bits per heavy atom. The lowest BCUT2D eigenvalue weighted by Crippen LogP contribution is -2.22. The molecule has 1 heterocycles. The molecule has 3 aromatic rings. The number of nitrogens with one attached hydrogen (secondary N) is 1. The number of carbonyl (C=O) groups is 2. The summed E-state index contributed by atoms with van der Waals surface area (Å²) in [6.07, 6.45) is 0. The maximum Gasteiger partial charge on any atom is 0.250 e. The highest BCUT2D eigenvalue weighted by atomic mass is 16.2. The Morgan fingerprint density at radius 2 is 1.88 bits per heavy atom. The molecule has 7 heteroatoms. The van der Waals surface area contributed by atoms with Crippen molar-refractivity contribution in [3.63, 3.8) is 0 Å². The van der Waals surface area contributed by atoms with E-state index in [2.05, 4.69) is 15.6 Å². The molecule has 0 atom stereocenters. The van der Waals surface area contributed by atoms with E-state index in [1.165, 1.54) is 4.68 Å². The Bertz CT molecular complexity index is 945. The van der Waals surface area contributed by atoms with Gasteiger partial charge in [0, 0.05) is 0 Å². The molecule has 0 bridgehead atoms. The van der Waals surface area contributed by atoms with E-state index in [0.29, 0.717) is 5.69 Å². The summed E-state index contributed by atoms with van der Waals surface area (Å²) in [5, 5.41) is 10.8. The van der Waals surface area contributed by atoms with Gasteiger partial charge in [0.1, 0.15) is 12.1 Å². The first-order chi connectivity index (χ1) is 11.5. The average Bonchev–Trinajstić information content (AvgIpc) is 2.90. The van der Waals surface area contributed by atoms with Crippen LogP contribution in [0.15, 0.2) is 36.4 Å². The number of para-hydroxylation sites is 1. The fourth-order valence-electron chi connectivity index (χ4n) is 2.47. The van der Waals surface area contributed by atoms with E-state index >= 15 is 0 Å². The Balaban J connectivity index is 1.84. The van der Waals surface area contributed by atoms with Gasteiger partial charge in [0.15, 0.2) is 0 Å². The number of fused-ring (bicyclic) bond motifs is 1. The maximum absolute atomic E-state index is 12.3. The largest absolute Gasteiger partial charge is 0.366 e. The zero-order valence-electron chi connectivity index (χ0n) is 13.4. The third-order valence-corrected chi connectivity index (χ3v) is 3.89. The topological polar surface area (TPSA) is 103 Å². The summed E-state index contributed by atoms with van der Waals surface area (Å²) in [7, 11) is 0. The van der Waals surface area contributed by atoms with E-state index in [4.69, 9.17) is 5.73 Å². The van der Waals surface area contributed by atoms with Gasteiger partial charge in [-0.1, -0.05) is 17.3 Å². The highest BCUT2D eigenvalue weighted by Crippen LogP contribution is 2.18. The van der Waals surface area contributed by atoms with Gasteiger partial charge in [0.05, 0.1) is 16.8 Å². The molecule has 7 nitrogen and oxygen atoms in total. The van der Waals surface area contributed by atoms with E-state index in [1.807, 2.05) is 26.0 Å². The van der Waals surface area contributed by atoms with Crippen molar-refractivity contribution in [3.05, 3.63) is 53.1 Å². The minimum Gasteiger partial charge on any atom is -0.366 e. The zero-order chi connectivity index (χ0) is 17.3. The maximum atomic E-state index is 12.3. The molecule has 0 saturated carbocycles. The van der Waals surface area contributed by atoms with Gasteiger partial charge in [-0.05, 0) is 49.2 Å². The van der Waals surface area contributed by atoms with E-state index in [9.17, 15) is 9.59 Å². The van der Waals surface area contributed by atoms with Crippen molar-refractivity contribution < 1.29 is 9.59 Å². The number of nitrogens with zero attached hydrogens (tertiary/aromatic N) is 3. The number of aromatic nitrogens is 3. The lowest BCUT2D eigenvalue weighted by molar-refractivity contribution is -0.116. The van der Waals surface area contributed by atoms with Crippen LogP contribution in [0.2, 0.25) is 0 Å². The second-order valence-corrected chi connectivity index (χ2v) is 5.63. The Hall–Kier alpha value is -3.22. The summed E-state index contributed by atoms with van der Waals surface area (Å²) in [6, 6.07) is 10.5. The zero-order valence-corrected chi connectivity index (χ0v) is 13.4. The fourth-order valence-corrected chi connectivity index (χ4v) is 2.47. The molecule has 0 aliphatic carbocycles. The first-order valence-electron chi connectivity index (χ1n) is 7.45. The number of hydrogen-bond donors (Lipinski definition) is 2. The summed E-state index contributed by atoms with van der Waals surface area (Å²) in [5.41, 5.74) is 9.71. The normalized spacial score (nSPS) is 10.8. The first kappa shape index (κ1) is 15.7. The van der Waals surface area contributed by atoms with E-state index in [0.717, 1.165) is 22.2 Å². The van der Waals surface area contributed by atoms with Crippen molar-refractivity contribution in [2.75, 3.05) is 5.32 Å². The molecule has 122 valence electrons. The molecule has 0 fully saturated rings. The molecule has 0 aliphatic heterocycles. The molecule has 0 saturated heterocycles. The number of benzene rings is 2.